The molecule has 15 heavy (non-hydrogen) atoms. The quantitative estimate of drug-likeness (QED) is 0.737. The van der Waals surface area contributed by atoms with Crippen molar-refractivity contribution in [3.05, 3.63) is 18.2 Å². The molecule has 80 valence electrons. The third-order valence-electron chi connectivity index (χ3n) is 2.21. The van der Waals surface area contributed by atoms with E-state index in [-0.39, 0.29) is 17.9 Å². The highest BCUT2D eigenvalue weighted by atomic mass is 19.1. The number of carbonyl (C=O) groups excluding carboxylic acids is 1. The van der Waals surface area contributed by atoms with E-state index >= 15 is 0 Å². The van der Waals surface area contributed by atoms with E-state index in [4.69, 9.17) is 0 Å². The third kappa shape index (κ3) is 2.39. The Hall–Kier alpha value is -1.72. The number of piperidine rings is 1. The van der Waals surface area contributed by atoms with Crippen LogP contribution in [0.15, 0.2) is 12.4 Å². The van der Waals surface area contributed by atoms with Gasteiger partial charge in [0.1, 0.15) is 6.04 Å². The van der Waals surface area contributed by atoms with Gasteiger partial charge >= 0.3 is 0 Å². The molecule has 0 saturated carbocycles. The Morgan fingerprint density at radius 1 is 1.47 bits per heavy atom. The van der Waals surface area contributed by atoms with Gasteiger partial charge in [-0.05, 0) is 12.8 Å². The van der Waals surface area contributed by atoms with Crippen LogP contribution in [0.4, 0.5) is 10.3 Å². The number of nitrogens with one attached hydrogen (secondary N) is 2. The number of anilines is 1. The first kappa shape index (κ1) is 9.82. The number of rotatable bonds is 2. The van der Waals surface area contributed by atoms with Crippen molar-refractivity contribution in [1.82, 2.24) is 15.3 Å². The fourth-order valence-corrected chi connectivity index (χ4v) is 1.45. The number of nitrogens with zero attached hydrogens (tertiary/aromatic N) is 2. The van der Waals surface area contributed by atoms with E-state index in [1.165, 1.54) is 0 Å². The molecule has 1 atom stereocenters. The SMILES string of the molecule is O=C1NCCCC1Nc1ncc(F)cn1. The highest BCUT2D eigenvalue weighted by Crippen LogP contribution is 2.08. The predicted molar refractivity (Wildman–Crippen MR) is 51.6 cm³/mol. The maximum absolute atomic E-state index is 12.5. The molecule has 1 aliphatic rings. The van der Waals surface area contributed by atoms with Crippen molar-refractivity contribution in [3.63, 3.8) is 0 Å². The fourth-order valence-electron chi connectivity index (χ4n) is 1.45. The van der Waals surface area contributed by atoms with Crippen molar-refractivity contribution in [2.75, 3.05) is 11.9 Å². The average molecular weight is 210 g/mol. The van der Waals surface area contributed by atoms with Crippen LogP contribution in [-0.2, 0) is 4.79 Å². The molecule has 5 nitrogen and oxygen atoms in total. The Bertz CT molecular complexity index is 354. The number of halogens is 1. The van der Waals surface area contributed by atoms with Gasteiger partial charge < -0.3 is 10.6 Å². The summed E-state index contributed by atoms with van der Waals surface area (Å²) in [5, 5.41) is 5.59. The lowest BCUT2D eigenvalue weighted by Gasteiger charge is -2.22. The van der Waals surface area contributed by atoms with Gasteiger partial charge in [-0.1, -0.05) is 0 Å². The van der Waals surface area contributed by atoms with Gasteiger partial charge in [-0.3, -0.25) is 4.79 Å². The van der Waals surface area contributed by atoms with E-state index < -0.39 is 5.82 Å². The van der Waals surface area contributed by atoms with Crippen LogP contribution in [-0.4, -0.2) is 28.5 Å². The average Bonchev–Trinajstić information content (AvgIpc) is 2.25. The first-order chi connectivity index (χ1) is 7.25. The van der Waals surface area contributed by atoms with Gasteiger partial charge in [-0.2, -0.15) is 0 Å². The first-order valence-corrected chi connectivity index (χ1v) is 4.77. The zero-order valence-electron chi connectivity index (χ0n) is 8.03. The number of amides is 1. The summed E-state index contributed by atoms with van der Waals surface area (Å²) in [6.07, 6.45) is 3.79. The van der Waals surface area contributed by atoms with E-state index in [2.05, 4.69) is 20.6 Å². The van der Waals surface area contributed by atoms with Crippen molar-refractivity contribution in [3.8, 4) is 0 Å². The molecular weight excluding hydrogens is 199 g/mol. The minimum Gasteiger partial charge on any atom is -0.354 e. The van der Waals surface area contributed by atoms with Crippen molar-refractivity contribution >= 4 is 11.9 Å². The molecule has 1 aliphatic heterocycles. The molecule has 1 aromatic rings. The van der Waals surface area contributed by atoms with Crippen molar-refractivity contribution in [1.29, 1.82) is 0 Å². The largest absolute Gasteiger partial charge is 0.354 e. The van der Waals surface area contributed by atoms with Crippen molar-refractivity contribution in [2.24, 2.45) is 0 Å². The lowest BCUT2D eigenvalue weighted by atomic mass is 10.1. The number of aromatic nitrogens is 2. The summed E-state index contributed by atoms with van der Waals surface area (Å²) in [6, 6.07) is -0.316. The van der Waals surface area contributed by atoms with Crippen LogP contribution >= 0.6 is 0 Å². The fraction of sp³-hybridized carbons (Fsp3) is 0.444. The highest BCUT2D eigenvalue weighted by Gasteiger charge is 2.22. The second-order valence-corrected chi connectivity index (χ2v) is 3.36. The van der Waals surface area contributed by atoms with Gasteiger partial charge in [-0.15, -0.1) is 0 Å². The Morgan fingerprint density at radius 3 is 2.87 bits per heavy atom. The highest BCUT2D eigenvalue weighted by molar-refractivity contribution is 5.84. The second kappa shape index (κ2) is 4.20. The molecule has 1 fully saturated rings. The molecule has 0 spiro atoms. The molecule has 2 heterocycles. The summed E-state index contributed by atoms with van der Waals surface area (Å²) in [5.74, 6) is -0.277. The zero-order chi connectivity index (χ0) is 10.7. The molecule has 0 radical (unpaired) electrons. The van der Waals surface area contributed by atoms with Gasteiger partial charge in [0.05, 0.1) is 12.4 Å². The Kier molecular flexibility index (Phi) is 2.75. The monoisotopic (exact) mass is 210 g/mol. The topological polar surface area (TPSA) is 66.9 Å². The van der Waals surface area contributed by atoms with E-state index in [0.29, 0.717) is 6.54 Å². The smallest absolute Gasteiger partial charge is 0.242 e. The lowest BCUT2D eigenvalue weighted by Crippen LogP contribution is -2.44. The van der Waals surface area contributed by atoms with Crippen LogP contribution in [0.1, 0.15) is 12.8 Å². The van der Waals surface area contributed by atoms with Gasteiger partial charge in [0.2, 0.25) is 11.9 Å². The maximum Gasteiger partial charge on any atom is 0.242 e. The van der Waals surface area contributed by atoms with Crippen molar-refractivity contribution in [2.45, 2.75) is 18.9 Å². The lowest BCUT2D eigenvalue weighted by molar-refractivity contribution is -0.123. The Morgan fingerprint density at radius 2 is 2.20 bits per heavy atom. The van der Waals surface area contributed by atoms with Gasteiger partial charge in [0.15, 0.2) is 5.82 Å². The van der Waals surface area contributed by atoms with Crippen LogP contribution in [0.25, 0.3) is 0 Å². The van der Waals surface area contributed by atoms with E-state index in [1.807, 2.05) is 0 Å². The first-order valence-electron chi connectivity index (χ1n) is 4.77. The molecule has 1 amide bonds. The van der Waals surface area contributed by atoms with Gasteiger partial charge in [0, 0.05) is 6.54 Å². The number of hydrogen-bond acceptors (Lipinski definition) is 4. The Balaban J connectivity index is 2.01. The minimum absolute atomic E-state index is 0.0609. The Labute approximate surface area is 86.1 Å². The van der Waals surface area contributed by atoms with Gasteiger partial charge in [-0.25, -0.2) is 14.4 Å². The standard InChI is InChI=1S/C9H11FN4O/c10-6-4-12-9(13-5-6)14-7-2-1-3-11-8(7)15/h4-5,7H,1-3H2,(H,11,15)(H,12,13,14). The summed E-state index contributed by atoms with van der Waals surface area (Å²) in [5.41, 5.74) is 0. The van der Waals surface area contributed by atoms with E-state index in [1.54, 1.807) is 0 Å². The normalized spacial score (nSPS) is 20.9. The van der Waals surface area contributed by atoms with Crippen LogP contribution < -0.4 is 10.6 Å². The number of carbonyl (C=O) groups is 1. The zero-order valence-corrected chi connectivity index (χ0v) is 8.03. The summed E-state index contributed by atoms with van der Waals surface area (Å²) in [6.45, 7) is 0.710. The molecule has 6 heteroatoms. The summed E-state index contributed by atoms with van der Waals surface area (Å²) < 4.78 is 12.5. The van der Waals surface area contributed by atoms with Crippen LogP contribution in [0.5, 0.6) is 0 Å². The summed E-state index contributed by atoms with van der Waals surface area (Å²) in [7, 11) is 0. The third-order valence-corrected chi connectivity index (χ3v) is 2.21. The van der Waals surface area contributed by atoms with Crippen LogP contribution in [0, 0.1) is 5.82 Å². The number of hydrogen-bond donors (Lipinski definition) is 2. The summed E-state index contributed by atoms with van der Waals surface area (Å²) in [4.78, 5) is 18.8. The molecule has 2 rings (SSSR count). The molecule has 2 N–H and O–H groups in total. The molecule has 1 aromatic heterocycles. The van der Waals surface area contributed by atoms with Crippen molar-refractivity contribution < 1.29 is 9.18 Å². The minimum atomic E-state index is -0.492. The summed E-state index contributed by atoms with van der Waals surface area (Å²) >= 11 is 0. The van der Waals surface area contributed by atoms with Gasteiger partial charge in [0.25, 0.3) is 0 Å². The molecular formula is C9H11FN4O. The molecule has 1 unspecified atom stereocenters. The van der Waals surface area contributed by atoms with Crippen LogP contribution in [0.3, 0.4) is 0 Å². The van der Waals surface area contributed by atoms with E-state index in [0.717, 1.165) is 25.2 Å². The second-order valence-electron chi connectivity index (χ2n) is 3.36. The van der Waals surface area contributed by atoms with E-state index in [9.17, 15) is 9.18 Å². The molecule has 0 aliphatic carbocycles. The predicted octanol–water partition coefficient (Wildman–Crippen LogP) is 0.306. The maximum atomic E-state index is 12.5. The van der Waals surface area contributed by atoms with Crippen LogP contribution in [0.2, 0.25) is 0 Å². The molecule has 1 saturated heterocycles. The molecule has 0 aromatic carbocycles. The molecule has 0 bridgehead atoms.